The molecule has 1 unspecified atom stereocenters. The van der Waals surface area contributed by atoms with Gasteiger partial charge in [0.25, 0.3) is 0 Å². The van der Waals surface area contributed by atoms with E-state index in [1.807, 2.05) is 17.8 Å². The number of carboxylic acid groups (broad SMARTS) is 1. The number of carbonyl (C=O) groups is 1. The SMILES string of the molecule is Cn1ccnc1SCCC(N)C(=O)O. The first-order chi connectivity index (χ1) is 6.61. The summed E-state index contributed by atoms with van der Waals surface area (Å²) in [5, 5.41) is 9.42. The number of hydrogen-bond donors (Lipinski definition) is 2. The fraction of sp³-hybridized carbons (Fsp3) is 0.500. The third-order valence-electron chi connectivity index (χ3n) is 1.75. The summed E-state index contributed by atoms with van der Waals surface area (Å²) in [6.45, 7) is 0. The normalized spacial score (nSPS) is 12.7. The number of rotatable bonds is 5. The molecule has 0 saturated heterocycles. The topological polar surface area (TPSA) is 81.1 Å². The van der Waals surface area contributed by atoms with Crippen LogP contribution in [0.2, 0.25) is 0 Å². The summed E-state index contributed by atoms with van der Waals surface area (Å²) in [4.78, 5) is 14.5. The van der Waals surface area contributed by atoms with E-state index in [1.165, 1.54) is 11.8 Å². The average Bonchev–Trinajstić information content (AvgIpc) is 2.51. The molecule has 0 aromatic carbocycles. The molecule has 0 aliphatic heterocycles. The fourth-order valence-corrected chi connectivity index (χ4v) is 1.85. The van der Waals surface area contributed by atoms with Crippen LogP contribution in [0, 0.1) is 0 Å². The maximum atomic E-state index is 10.4. The highest BCUT2D eigenvalue weighted by atomic mass is 32.2. The van der Waals surface area contributed by atoms with Crippen molar-refractivity contribution in [3.05, 3.63) is 12.4 Å². The van der Waals surface area contributed by atoms with Crippen molar-refractivity contribution in [2.75, 3.05) is 5.75 Å². The summed E-state index contributed by atoms with van der Waals surface area (Å²) in [6, 6.07) is -0.775. The zero-order valence-corrected chi connectivity index (χ0v) is 8.70. The minimum atomic E-state index is -0.953. The van der Waals surface area contributed by atoms with Crippen molar-refractivity contribution in [3.8, 4) is 0 Å². The van der Waals surface area contributed by atoms with Crippen LogP contribution in [0.25, 0.3) is 0 Å². The average molecular weight is 215 g/mol. The molecule has 1 aromatic rings. The Hall–Kier alpha value is -1.01. The first-order valence-corrected chi connectivity index (χ1v) is 5.18. The largest absolute Gasteiger partial charge is 0.480 e. The van der Waals surface area contributed by atoms with E-state index in [0.29, 0.717) is 12.2 Å². The van der Waals surface area contributed by atoms with Gasteiger partial charge in [-0.3, -0.25) is 4.79 Å². The number of aliphatic carboxylic acids is 1. The molecule has 0 spiro atoms. The molecule has 0 radical (unpaired) electrons. The van der Waals surface area contributed by atoms with Crippen LogP contribution in [0.3, 0.4) is 0 Å². The lowest BCUT2D eigenvalue weighted by Gasteiger charge is -2.05. The maximum Gasteiger partial charge on any atom is 0.320 e. The number of imidazole rings is 1. The Labute approximate surface area is 86.3 Å². The van der Waals surface area contributed by atoms with Crippen LogP contribution < -0.4 is 5.73 Å². The second-order valence-corrected chi connectivity index (χ2v) is 3.96. The maximum absolute atomic E-state index is 10.4. The summed E-state index contributed by atoms with van der Waals surface area (Å²) in [6.07, 6.45) is 4.01. The van der Waals surface area contributed by atoms with Crippen LogP contribution in [-0.2, 0) is 11.8 Å². The summed E-state index contributed by atoms with van der Waals surface area (Å²) < 4.78 is 1.89. The van der Waals surface area contributed by atoms with Crippen LogP contribution in [0.5, 0.6) is 0 Å². The second kappa shape index (κ2) is 5.02. The third-order valence-corrected chi connectivity index (χ3v) is 2.85. The van der Waals surface area contributed by atoms with Gasteiger partial charge in [-0.1, -0.05) is 11.8 Å². The number of hydrogen-bond acceptors (Lipinski definition) is 4. The Morgan fingerprint density at radius 2 is 2.57 bits per heavy atom. The van der Waals surface area contributed by atoms with Gasteiger partial charge in [0.05, 0.1) is 0 Å². The van der Waals surface area contributed by atoms with Crippen LogP contribution in [0.1, 0.15) is 6.42 Å². The number of nitrogens with zero attached hydrogens (tertiary/aromatic N) is 2. The van der Waals surface area contributed by atoms with E-state index in [1.54, 1.807) is 6.20 Å². The van der Waals surface area contributed by atoms with E-state index in [2.05, 4.69) is 4.98 Å². The molecule has 0 amide bonds. The molecule has 0 bridgehead atoms. The van der Waals surface area contributed by atoms with Crippen LogP contribution in [-0.4, -0.2) is 32.4 Å². The van der Waals surface area contributed by atoms with Crippen LogP contribution in [0.15, 0.2) is 17.6 Å². The predicted molar refractivity (Wildman–Crippen MR) is 54.2 cm³/mol. The van der Waals surface area contributed by atoms with Crippen molar-refractivity contribution < 1.29 is 9.90 Å². The summed E-state index contributed by atoms with van der Waals surface area (Å²) in [7, 11) is 1.90. The smallest absolute Gasteiger partial charge is 0.320 e. The van der Waals surface area contributed by atoms with Gasteiger partial charge in [0.1, 0.15) is 6.04 Å². The molecular formula is C8H13N3O2S. The molecule has 0 saturated carbocycles. The molecule has 1 aromatic heterocycles. The minimum Gasteiger partial charge on any atom is -0.480 e. The standard InChI is InChI=1S/C8H13N3O2S/c1-11-4-3-10-8(11)14-5-2-6(9)7(12)13/h3-4,6H,2,5,9H2,1H3,(H,12,13). The van der Waals surface area contributed by atoms with Gasteiger partial charge < -0.3 is 15.4 Å². The third kappa shape index (κ3) is 3.04. The van der Waals surface area contributed by atoms with Gasteiger partial charge in [-0.15, -0.1) is 0 Å². The molecular weight excluding hydrogens is 202 g/mol. The van der Waals surface area contributed by atoms with E-state index in [9.17, 15) is 4.79 Å². The van der Waals surface area contributed by atoms with Crippen LogP contribution in [0.4, 0.5) is 0 Å². The Bertz CT molecular complexity index is 313. The van der Waals surface area contributed by atoms with E-state index in [-0.39, 0.29) is 0 Å². The molecule has 14 heavy (non-hydrogen) atoms. The fourth-order valence-electron chi connectivity index (χ4n) is 0.892. The highest BCUT2D eigenvalue weighted by Gasteiger charge is 2.11. The van der Waals surface area contributed by atoms with Gasteiger partial charge in [-0.2, -0.15) is 0 Å². The number of thioether (sulfide) groups is 1. The number of aryl methyl sites for hydroxylation is 1. The number of aromatic nitrogens is 2. The van der Waals surface area contributed by atoms with E-state index in [0.717, 1.165) is 5.16 Å². The monoisotopic (exact) mass is 215 g/mol. The number of carboxylic acids is 1. The van der Waals surface area contributed by atoms with E-state index >= 15 is 0 Å². The Morgan fingerprint density at radius 1 is 1.86 bits per heavy atom. The molecule has 0 aliphatic carbocycles. The zero-order chi connectivity index (χ0) is 10.6. The summed E-state index contributed by atoms with van der Waals surface area (Å²) in [5.41, 5.74) is 5.35. The quantitative estimate of drug-likeness (QED) is 0.691. The first kappa shape index (κ1) is 11.1. The Morgan fingerprint density at radius 3 is 3.07 bits per heavy atom. The highest BCUT2D eigenvalue weighted by molar-refractivity contribution is 7.99. The van der Waals surface area contributed by atoms with Crippen molar-refractivity contribution >= 4 is 17.7 Å². The van der Waals surface area contributed by atoms with Crippen molar-refractivity contribution in [2.24, 2.45) is 12.8 Å². The summed E-state index contributed by atoms with van der Waals surface area (Å²) in [5.74, 6) is -0.288. The second-order valence-electron chi connectivity index (χ2n) is 2.90. The molecule has 6 heteroatoms. The lowest BCUT2D eigenvalue weighted by molar-refractivity contribution is -0.138. The van der Waals surface area contributed by atoms with Crippen molar-refractivity contribution in [2.45, 2.75) is 17.6 Å². The van der Waals surface area contributed by atoms with Gasteiger partial charge in [-0.05, 0) is 6.42 Å². The van der Waals surface area contributed by atoms with Gasteiger partial charge >= 0.3 is 5.97 Å². The highest BCUT2D eigenvalue weighted by Crippen LogP contribution is 2.15. The molecule has 0 fully saturated rings. The predicted octanol–water partition coefficient (Wildman–Crippen LogP) is 0.314. The molecule has 1 rings (SSSR count). The van der Waals surface area contributed by atoms with Gasteiger partial charge in [0.2, 0.25) is 0 Å². The lowest BCUT2D eigenvalue weighted by Crippen LogP contribution is -2.30. The van der Waals surface area contributed by atoms with E-state index < -0.39 is 12.0 Å². The molecule has 5 nitrogen and oxygen atoms in total. The lowest BCUT2D eigenvalue weighted by atomic mass is 10.2. The van der Waals surface area contributed by atoms with Gasteiger partial charge in [0, 0.05) is 25.2 Å². The first-order valence-electron chi connectivity index (χ1n) is 4.19. The molecule has 3 N–H and O–H groups in total. The molecule has 1 heterocycles. The Balaban J connectivity index is 2.29. The van der Waals surface area contributed by atoms with Crippen molar-refractivity contribution in [3.63, 3.8) is 0 Å². The van der Waals surface area contributed by atoms with Crippen LogP contribution >= 0.6 is 11.8 Å². The van der Waals surface area contributed by atoms with Crippen molar-refractivity contribution in [1.82, 2.24) is 9.55 Å². The molecule has 78 valence electrons. The molecule has 1 atom stereocenters. The number of nitrogens with two attached hydrogens (primary N) is 1. The van der Waals surface area contributed by atoms with Gasteiger partial charge in [0.15, 0.2) is 5.16 Å². The Kier molecular flexibility index (Phi) is 3.97. The van der Waals surface area contributed by atoms with E-state index in [4.69, 9.17) is 10.8 Å². The van der Waals surface area contributed by atoms with Crippen molar-refractivity contribution in [1.29, 1.82) is 0 Å². The zero-order valence-electron chi connectivity index (χ0n) is 7.88. The summed E-state index contributed by atoms with van der Waals surface area (Å²) >= 11 is 1.51. The molecule has 0 aliphatic rings. The van der Waals surface area contributed by atoms with Gasteiger partial charge in [-0.25, -0.2) is 4.98 Å². The minimum absolute atomic E-state index is 0.451.